The third-order valence-corrected chi connectivity index (χ3v) is 4.48. The minimum atomic E-state index is -1.16. The van der Waals surface area contributed by atoms with Gasteiger partial charge in [-0.1, -0.05) is 12.1 Å². The number of amides is 1. The van der Waals surface area contributed by atoms with Crippen LogP contribution in [0.25, 0.3) is 16.6 Å². The molecule has 8 heteroatoms. The molecule has 0 bridgehead atoms. The molecule has 25 heavy (non-hydrogen) atoms. The minimum absolute atomic E-state index is 0.0893. The summed E-state index contributed by atoms with van der Waals surface area (Å²) < 4.78 is 15.8. The summed E-state index contributed by atoms with van der Waals surface area (Å²) >= 11 is 2.09. The van der Waals surface area contributed by atoms with Gasteiger partial charge in [0.1, 0.15) is 11.6 Å². The van der Waals surface area contributed by atoms with Crippen LogP contribution in [0.5, 0.6) is 0 Å². The predicted molar refractivity (Wildman–Crippen MR) is 99.7 cm³/mol. The molecule has 1 heterocycles. The highest BCUT2D eigenvalue weighted by molar-refractivity contribution is 14.1. The molecule has 0 aliphatic carbocycles. The van der Waals surface area contributed by atoms with Gasteiger partial charge in [0.15, 0.2) is 0 Å². The van der Waals surface area contributed by atoms with Crippen LogP contribution in [0, 0.1) is 9.39 Å². The standard InChI is InChI=1S/C17H13FIN3O3/c18-10-3-1-4-11(9-10)22-14(7-8-20-17(24)25)21-15-12(16(22)23)5-2-6-13(15)19/h1-6,9,20H,7-8H2,(H,24,25). The van der Waals surface area contributed by atoms with Gasteiger partial charge in [-0.2, -0.15) is 0 Å². The highest BCUT2D eigenvalue weighted by atomic mass is 127. The maximum atomic E-state index is 13.6. The second-order valence-corrected chi connectivity index (χ2v) is 6.43. The van der Waals surface area contributed by atoms with Gasteiger partial charge >= 0.3 is 6.09 Å². The highest BCUT2D eigenvalue weighted by Crippen LogP contribution is 2.18. The first-order valence-corrected chi connectivity index (χ1v) is 8.48. The molecule has 0 saturated carbocycles. The predicted octanol–water partition coefficient (Wildman–Crippen LogP) is 2.94. The molecular formula is C17H13FIN3O3. The molecule has 6 nitrogen and oxygen atoms in total. The van der Waals surface area contributed by atoms with Crippen LogP contribution in [-0.4, -0.2) is 27.3 Å². The van der Waals surface area contributed by atoms with Gasteiger partial charge in [-0.15, -0.1) is 0 Å². The number of nitrogens with zero attached hydrogens (tertiary/aromatic N) is 2. The smallest absolute Gasteiger partial charge is 0.404 e. The lowest BCUT2D eigenvalue weighted by atomic mass is 10.2. The first-order valence-electron chi connectivity index (χ1n) is 7.40. The van der Waals surface area contributed by atoms with Gasteiger partial charge < -0.3 is 10.4 Å². The number of nitrogens with one attached hydrogen (secondary N) is 1. The number of benzene rings is 2. The number of hydrogen-bond donors (Lipinski definition) is 2. The zero-order chi connectivity index (χ0) is 18.0. The largest absolute Gasteiger partial charge is 0.465 e. The molecule has 0 aliphatic rings. The van der Waals surface area contributed by atoms with E-state index in [4.69, 9.17) is 5.11 Å². The summed E-state index contributed by atoms with van der Waals surface area (Å²) in [7, 11) is 0. The van der Waals surface area contributed by atoms with Crippen molar-refractivity contribution in [1.29, 1.82) is 0 Å². The number of aromatic nitrogens is 2. The molecule has 2 N–H and O–H groups in total. The Labute approximate surface area is 155 Å². The van der Waals surface area contributed by atoms with Crippen molar-refractivity contribution in [2.75, 3.05) is 6.54 Å². The number of carbonyl (C=O) groups is 1. The van der Waals surface area contributed by atoms with Gasteiger partial charge in [0, 0.05) is 16.5 Å². The highest BCUT2D eigenvalue weighted by Gasteiger charge is 2.15. The summed E-state index contributed by atoms with van der Waals surface area (Å²) in [5.41, 5.74) is 0.578. The molecule has 0 atom stereocenters. The number of rotatable bonds is 4. The van der Waals surface area contributed by atoms with E-state index in [9.17, 15) is 14.0 Å². The normalized spacial score (nSPS) is 10.8. The van der Waals surface area contributed by atoms with Crippen LogP contribution in [0.4, 0.5) is 9.18 Å². The quantitative estimate of drug-likeness (QED) is 0.596. The van der Waals surface area contributed by atoms with Crippen molar-refractivity contribution in [3.05, 3.63) is 68.0 Å². The van der Waals surface area contributed by atoms with E-state index in [1.807, 2.05) is 6.07 Å². The Kier molecular flexibility index (Phi) is 4.98. The monoisotopic (exact) mass is 453 g/mol. The summed E-state index contributed by atoms with van der Waals surface area (Å²) in [5.74, 6) is -0.109. The Balaban J connectivity index is 2.22. The fourth-order valence-corrected chi connectivity index (χ4v) is 3.17. The Morgan fingerprint density at radius 3 is 2.76 bits per heavy atom. The SMILES string of the molecule is O=C(O)NCCc1nc2c(I)cccc2c(=O)n1-c1cccc(F)c1. The van der Waals surface area contributed by atoms with Crippen LogP contribution in [0.2, 0.25) is 0 Å². The lowest BCUT2D eigenvalue weighted by Crippen LogP contribution is -2.29. The number of halogens is 2. The van der Waals surface area contributed by atoms with E-state index in [0.29, 0.717) is 22.4 Å². The summed E-state index contributed by atoms with van der Waals surface area (Å²) in [5, 5.41) is 11.4. The van der Waals surface area contributed by atoms with E-state index in [-0.39, 0.29) is 18.5 Å². The van der Waals surface area contributed by atoms with Gasteiger partial charge in [-0.25, -0.2) is 14.2 Å². The molecule has 2 aromatic carbocycles. The van der Waals surface area contributed by atoms with Crippen molar-refractivity contribution in [2.45, 2.75) is 6.42 Å². The molecule has 0 fully saturated rings. The molecule has 128 valence electrons. The first kappa shape index (κ1) is 17.3. The summed E-state index contributed by atoms with van der Waals surface area (Å²) in [6.07, 6.45) is -0.964. The van der Waals surface area contributed by atoms with E-state index >= 15 is 0 Å². The van der Waals surface area contributed by atoms with Crippen molar-refractivity contribution < 1.29 is 14.3 Å². The van der Waals surface area contributed by atoms with Crippen molar-refractivity contribution in [3.63, 3.8) is 0 Å². The fraction of sp³-hybridized carbons (Fsp3) is 0.118. The van der Waals surface area contributed by atoms with Crippen LogP contribution in [0.15, 0.2) is 47.3 Å². The summed E-state index contributed by atoms with van der Waals surface area (Å²) in [6, 6.07) is 10.9. The Bertz CT molecular complexity index is 1020. The third-order valence-electron chi connectivity index (χ3n) is 3.61. The minimum Gasteiger partial charge on any atom is -0.465 e. The lowest BCUT2D eigenvalue weighted by molar-refractivity contribution is 0.194. The topological polar surface area (TPSA) is 84.2 Å². The number of fused-ring (bicyclic) bond motifs is 1. The molecule has 1 amide bonds. The lowest BCUT2D eigenvalue weighted by Gasteiger charge is -2.14. The third kappa shape index (κ3) is 3.63. The number of para-hydroxylation sites is 1. The Hall–Kier alpha value is -2.49. The van der Waals surface area contributed by atoms with E-state index in [2.05, 4.69) is 32.9 Å². The van der Waals surface area contributed by atoms with Crippen molar-refractivity contribution in [2.24, 2.45) is 0 Å². The second kappa shape index (κ2) is 7.18. The molecule has 0 saturated heterocycles. The summed E-state index contributed by atoms with van der Waals surface area (Å²) in [4.78, 5) is 28.2. The van der Waals surface area contributed by atoms with Gasteiger partial charge in [0.05, 0.1) is 16.6 Å². The average Bonchev–Trinajstić information content (AvgIpc) is 2.56. The zero-order valence-corrected chi connectivity index (χ0v) is 15.0. The van der Waals surface area contributed by atoms with E-state index in [0.717, 1.165) is 3.57 Å². The average molecular weight is 453 g/mol. The molecule has 3 rings (SSSR count). The number of hydrogen-bond acceptors (Lipinski definition) is 3. The number of carboxylic acid groups (broad SMARTS) is 1. The molecule has 0 aliphatic heterocycles. The van der Waals surface area contributed by atoms with Crippen LogP contribution in [0.1, 0.15) is 5.82 Å². The van der Waals surface area contributed by atoms with Crippen LogP contribution in [-0.2, 0) is 6.42 Å². The van der Waals surface area contributed by atoms with Crippen LogP contribution < -0.4 is 10.9 Å². The Morgan fingerprint density at radius 1 is 1.28 bits per heavy atom. The first-order chi connectivity index (χ1) is 12.0. The molecule has 0 spiro atoms. The van der Waals surface area contributed by atoms with E-state index < -0.39 is 11.9 Å². The van der Waals surface area contributed by atoms with Crippen LogP contribution in [0.3, 0.4) is 0 Å². The van der Waals surface area contributed by atoms with Gasteiger partial charge in [0.25, 0.3) is 5.56 Å². The van der Waals surface area contributed by atoms with E-state index in [1.54, 1.807) is 18.2 Å². The second-order valence-electron chi connectivity index (χ2n) is 5.27. The van der Waals surface area contributed by atoms with Crippen LogP contribution >= 0.6 is 22.6 Å². The fourth-order valence-electron chi connectivity index (χ4n) is 2.55. The van der Waals surface area contributed by atoms with Crippen molar-refractivity contribution in [1.82, 2.24) is 14.9 Å². The zero-order valence-electron chi connectivity index (χ0n) is 12.9. The molecular weight excluding hydrogens is 440 g/mol. The maximum absolute atomic E-state index is 13.6. The molecule has 0 unspecified atom stereocenters. The Morgan fingerprint density at radius 2 is 2.04 bits per heavy atom. The van der Waals surface area contributed by atoms with Gasteiger partial charge in [0.2, 0.25) is 0 Å². The van der Waals surface area contributed by atoms with Crippen molar-refractivity contribution in [3.8, 4) is 5.69 Å². The molecule has 0 radical (unpaired) electrons. The molecule has 1 aromatic heterocycles. The van der Waals surface area contributed by atoms with Crippen molar-refractivity contribution >= 4 is 39.6 Å². The van der Waals surface area contributed by atoms with E-state index in [1.165, 1.54) is 22.8 Å². The summed E-state index contributed by atoms with van der Waals surface area (Å²) in [6.45, 7) is 0.0893. The van der Waals surface area contributed by atoms with Gasteiger partial charge in [-0.05, 0) is 52.9 Å². The maximum Gasteiger partial charge on any atom is 0.404 e. The molecule has 3 aromatic rings. The van der Waals surface area contributed by atoms with Gasteiger partial charge in [-0.3, -0.25) is 9.36 Å².